The lowest BCUT2D eigenvalue weighted by atomic mass is 10.1. The number of rotatable bonds is 3. The summed E-state index contributed by atoms with van der Waals surface area (Å²) in [5.41, 5.74) is 0.284. The number of nitriles is 1. The molecule has 1 heterocycles. The topological polar surface area (TPSA) is 106 Å². The smallest absolute Gasteiger partial charge is 0.267 e. The highest BCUT2D eigenvalue weighted by Crippen LogP contribution is 2.29. The summed E-state index contributed by atoms with van der Waals surface area (Å²) in [5.74, 6) is -2.29. The fourth-order valence-electron chi connectivity index (χ4n) is 2.40. The Morgan fingerprint density at radius 1 is 1.15 bits per heavy atom. The quantitative estimate of drug-likeness (QED) is 0.737. The van der Waals surface area contributed by atoms with Crippen molar-refractivity contribution in [3.63, 3.8) is 0 Å². The van der Waals surface area contributed by atoms with Crippen LogP contribution in [0, 0.1) is 23.0 Å². The third-order valence-corrected chi connectivity index (χ3v) is 5.18. The molecule has 1 aromatic heterocycles. The highest BCUT2D eigenvalue weighted by atomic mass is 32.2. The number of halogens is 2. The number of hydrogen-bond acceptors (Lipinski definition) is 5. The Morgan fingerprint density at radius 3 is 2.54 bits per heavy atom. The van der Waals surface area contributed by atoms with Crippen LogP contribution in [0.15, 0.2) is 51.5 Å². The standard InChI is InChI=1S/C16H9F2N3O3S2/c17-12-6-15(26(20,23)24)13(18)5-11(12)14-8-25-16(22)21(14)10-3-1-2-9(4-10)7-19/h1-6,8H,(H2,20,23,24). The predicted octanol–water partition coefficient (Wildman–Crippen LogP) is 2.36. The maximum absolute atomic E-state index is 14.4. The number of nitrogens with two attached hydrogens (primary N) is 1. The second kappa shape index (κ2) is 6.45. The zero-order valence-electron chi connectivity index (χ0n) is 12.8. The van der Waals surface area contributed by atoms with Crippen molar-refractivity contribution in [2.45, 2.75) is 4.90 Å². The van der Waals surface area contributed by atoms with Crippen molar-refractivity contribution in [1.82, 2.24) is 4.57 Å². The van der Waals surface area contributed by atoms with Crippen molar-refractivity contribution in [2.75, 3.05) is 0 Å². The van der Waals surface area contributed by atoms with Crippen molar-refractivity contribution < 1.29 is 17.2 Å². The number of primary sulfonamides is 1. The summed E-state index contributed by atoms with van der Waals surface area (Å²) < 4.78 is 52.3. The van der Waals surface area contributed by atoms with Crippen LogP contribution >= 0.6 is 11.3 Å². The van der Waals surface area contributed by atoms with Gasteiger partial charge in [0.15, 0.2) is 0 Å². The molecular weight excluding hydrogens is 384 g/mol. The third kappa shape index (κ3) is 3.15. The molecule has 2 aromatic carbocycles. The molecule has 3 aromatic rings. The van der Waals surface area contributed by atoms with Gasteiger partial charge in [-0.25, -0.2) is 22.3 Å². The lowest BCUT2D eigenvalue weighted by Gasteiger charge is -2.10. The zero-order valence-corrected chi connectivity index (χ0v) is 14.4. The van der Waals surface area contributed by atoms with Crippen LogP contribution < -0.4 is 10.0 Å². The minimum atomic E-state index is -4.44. The molecule has 0 amide bonds. The molecular formula is C16H9F2N3O3S2. The Kier molecular flexibility index (Phi) is 4.45. The molecule has 3 rings (SSSR count). The number of hydrogen-bond donors (Lipinski definition) is 1. The lowest BCUT2D eigenvalue weighted by molar-refractivity contribution is 0.555. The van der Waals surface area contributed by atoms with Crippen LogP contribution in [0.5, 0.6) is 0 Å². The van der Waals surface area contributed by atoms with Crippen LogP contribution in [0.4, 0.5) is 8.78 Å². The number of thiazole rings is 1. The highest BCUT2D eigenvalue weighted by Gasteiger charge is 2.22. The van der Waals surface area contributed by atoms with Gasteiger partial charge in [0.1, 0.15) is 16.5 Å². The van der Waals surface area contributed by atoms with Crippen molar-refractivity contribution in [1.29, 1.82) is 5.26 Å². The van der Waals surface area contributed by atoms with E-state index in [9.17, 15) is 22.0 Å². The molecule has 0 bridgehead atoms. The molecule has 132 valence electrons. The van der Waals surface area contributed by atoms with Crippen LogP contribution in [-0.2, 0) is 10.0 Å². The summed E-state index contributed by atoms with van der Waals surface area (Å²) >= 11 is 0.751. The van der Waals surface area contributed by atoms with Gasteiger partial charge in [0.05, 0.1) is 23.0 Å². The molecule has 0 fully saturated rings. The molecule has 0 radical (unpaired) electrons. The Morgan fingerprint density at radius 2 is 1.88 bits per heavy atom. The summed E-state index contributed by atoms with van der Waals surface area (Å²) in [6.45, 7) is 0. The first-order valence-corrected chi connectivity index (χ1v) is 9.38. The van der Waals surface area contributed by atoms with Crippen LogP contribution in [0.3, 0.4) is 0 Å². The number of sulfonamides is 1. The fraction of sp³-hybridized carbons (Fsp3) is 0. The number of nitrogens with zero attached hydrogens (tertiary/aromatic N) is 2. The Balaban J connectivity index is 2.26. The van der Waals surface area contributed by atoms with E-state index in [2.05, 4.69) is 0 Å². The summed E-state index contributed by atoms with van der Waals surface area (Å²) in [5, 5.41) is 15.2. The van der Waals surface area contributed by atoms with Gasteiger partial charge in [0.2, 0.25) is 10.0 Å². The molecule has 6 nitrogen and oxygen atoms in total. The number of benzene rings is 2. The molecule has 26 heavy (non-hydrogen) atoms. The van der Waals surface area contributed by atoms with E-state index in [1.807, 2.05) is 6.07 Å². The van der Waals surface area contributed by atoms with Crippen molar-refractivity contribution in [2.24, 2.45) is 5.14 Å². The van der Waals surface area contributed by atoms with Crippen molar-refractivity contribution >= 4 is 21.4 Å². The van der Waals surface area contributed by atoms with E-state index >= 15 is 0 Å². The second-order valence-corrected chi connectivity index (χ2v) is 7.54. The Hall–Kier alpha value is -2.87. The maximum atomic E-state index is 14.4. The normalized spacial score (nSPS) is 11.3. The van der Waals surface area contributed by atoms with Gasteiger partial charge in [0.25, 0.3) is 0 Å². The average molecular weight is 393 g/mol. The minimum absolute atomic E-state index is 0.0208. The Labute approximate surface area is 150 Å². The molecule has 0 saturated heterocycles. The van der Waals surface area contributed by atoms with Crippen LogP contribution in [0.1, 0.15) is 5.56 Å². The molecule has 2 N–H and O–H groups in total. The van der Waals surface area contributed by atoms with E-state index in [0.29, 0.717) is 17.8 Å². The number of aromatic nitrogens is 1. The summed E-state index contributed by atoms with van der Waals surface area (Å²) in [4.78, 5) is 10.7. The highest BCUT2D eigenvalue weighted by molar-refractivity contribution is 7.89. The van der Waals surface area contributed by atoms with E-state index in [0.717, 1.165) is 15.9 Å². The van der Waals surface area contributed by atoms with Gasteiger partial charge in [-0.3, -0.25) is 9.36 Å². The summed E-state index contributed by atoms with van der Waals surface area (Å²) in [7, 11) is -4.44. The molecule has 0 atom stereocenters. The van der Waals surface area contributed by atoms with Gasteiger partial charge in [-0.1, -0.05) is 17.4 Å². The SMILES string of the molecule is N#Cc1cccc(-n2c(-c3cc(F)c(S(N)(=O)=O)cc3F)csc2=O)c1. The minimum Gasteiger partial charge on any atom is -0.267 e. The third-order valence-electron chi connectivity index (χ3n) is 3.53. The van der Waals surface area contributed by atoms with E-state index in [-0.39, 0.29) is 16.8 Å². The van der Waals surface area contributed by atoms with Crippen molar-refractivity contribution in [3.8, 4) is 23.0 Å². The van der Waals surface area contributed by atoms with E-state index in [4.69, 9.17) is 10.4 Å². The van der Waals surface area contributed by atoms with Gasteiger partial charge in [-0.2, -0.15) is 5.26 Å². The second-order valence-electron chi connectivity index (χ2n) is 5.19. The fourth-order valence-corrected chi connectivity index (χ4v) is 3.75. The Bertz CT molecular complexity index is 1220. The van der Waals surface area contributed by atoms with Gasteiger partial charge < -0.3 is 0 Å². The first-order chi connectivity index (χ1) is 12.2. The predicted molar refractivity (Wildman–Crippen MR) is 91.4 cm³/mol. The van der Waals surface area contributed by atoms with E-state index in [1.54, 1.807) is 6.07 Å². The first kappa shape index (κ1) is 17.9. The van der Waals surface area contributed by atoms with Gasteiger partial charge in [-0.15, -0.1) is 0 Å². The van der Waals surface area contributed by atoms with Gasteiger partial charge in [0, 0.05) is 10.9 Å². The van der Waals surface area contributed by atoms with Gasteiger partial charge >= 0.3 is 4.87 Å². The van der Waals surface area contributed by atoms with E-state index in [1.165, 1.54) is 23.6 Å². The van der Waals surface area contributed by atoms with Crippen LogP contribution in [0.25, 0.3) is 16.9 Å². The molecule has 0 spiro atoms. The first-order valence-electron chi connectivity index (χ1n) is 6.95. The molecule has 10 heteroatoms. The molecule has 0 aliphatic carbocycles. The summed E-state index contributed by atoms with van der Waals surface area (Å²) in [6, 6.07) is 9.09. The van der Waals surface area contributed by atoms with E-state index < -0.39 is 31.4 Å². The average Bonchev–Trinajstić information content (AvgIpc) is 2.97. The monoisotopic (exact) mass is 393 g/mol. The molecule has 0 unspecified atom stereocenters. The maximum Gasteiger partial charge on any atom is 0.312 e. The largest absolute Gasteiger partial charge is 0.312 e. The zero-order chi connectivity index (χ0) is 19.1. The molecule has 0 saturated carbocycles. The van der Waals surface area contributed by atoms with Crippen LogP contribution in [-0.4, -0.2) is 13.0 Å². The summed E-state index contributed by atoms with van der Waals surface area (Å²) in [6.07, 6.45) is 0. The van der Waals surface area contributed by atoms with Crippen LogP contribution in [0.2, 0.25) is 0 Å². The van der Waals surface area contributed by atoms with Crippen molar-refractivity contribution in [3.05, 3.63) is 68.6 Å². The molecule has 0 aliphatic heterocycles. The lowest BCUT2D eigenvalue weighted by Crippen LogP contribution is -2.15. The van der Waals surface area contributed by atoms with Gasteiger partial charge in [-0.05, 0) is 30.3 Å². The molecule has 0 aliphatic rings.